The Hall–Kier alpha value is -4.82. The number of allylic oxidation sites excluding steroid dienone is 1. The van der Waals surface area contributed by atoms with E-state index in [1.54, 1.807) is 16.2 Å². The van der Waals surface area contributed by atoms with Crippen LogP contribution in [0.15, 0.2) is 95.3 Å². The van der Waals surface area contributed by atoms with Crippen LogP contribution in [0.2, 0.25) is 0 Å². The molecule has 0 bridgehead atoms. The fourth-order valence-corrected chi connectivity index (χ4v) is 5.87. The predicted octanol–water partition coefficient (Wildman–Crippen LogP) is 5.55. The second-order valence-corrected chi connectivity index (χ2v) is 10.9. The van der Waals surface area contributed by atoms with E-state index in [4.69, 9.17) is 14.2 Å². The largest absolute Gasteiger partial charge is 0.497 e. The van der Waals surface area contributed by atoms with Crippen molar-refractivity contribution in [3.8, 4) is 17.2 Å². The molecule has 1 amide bonds. The summed E-state index contributed by atoms with van der Waals surface area (Å²) < 4.78 is 20.4. The molecule has 1 atom stereocenters. The molecule has 0 radical (unpaired) electrons. The smallest absolute Gasteiger partial charge is 0.333 e. The number of benzene rings is 3. The summed E-state index contributed by atoms with van der Waals surface area (Å²) in [6.45, 7) is 5.05. The quantitative estimate of drug-likeness (QED) is 0.239. The number of carbonyl (C=O) groups excluding carboxylic acids is 1. The minimum atomic E-state index is -0.213. The summed E-state index contributed by atoms with van der Waals surface area (Å²) in [7, 11) is 1.62. The van der Waals surface area contributed by atoms with Gasteiger partial charge >= 0.3 is 5.69 Å². The lowest BCUT2D eigenvalue weighted by Gasteiger charge is -2.29. The number of imidazole rings is 1. The van der Waals surface area contributed by atoms with E-state index in [2.05, 4.69) is 25.1 Å². The van der Waals surface area contributed by atoms with E-state index in [1.165, 1.54) is 0 Å². The van der Waals surface area contributed by atoms with Crippen molar-refractivity contribution < 1.29 is 19.0 Å². The molecule has 8 nitrogen and oxygen atoms in total. The van der Waals surface area contributed by atoms with Crippen LogP contribution in [-0.2, 0) is 16.1 Å². The summed E-state index contributed by atoms with van der Waals surface area (Å²) in [4.78, 5) is 30.2. The SMILES string of the molecule is COc1ccc(-n2c3c(n(CCCOc4ccccc4)c2=O)C=C(C(=O)N2CCOCC2)[C@H](C)C(c2ccccc2)=C3)cc1. The van der Waals surface area contributed by atoms with Gasteiger partial charge in [-0.15, -0.1) is 0 Å². The number of amides is 1. The fraction of sp³-hybridized carbons (Fsp3) is 0.278. The number of ether oxygens (including phenoxy) is 3. The molecule has 2 heterocycles. The minimum Gasteiger partial charge on any atom is -0.497 e. The van der Waals surface area contributed by atoms with Gasteiger partial charge < -0.3 is 19.1 Å². The van der Waals surface area contributed by atoms with Crippen LogP contribution >= 0.6 is 0 Å². The number of aromatic nitrogens is 2. The average Bonchev–Trinajstić information content (AvgIpc) is 3.24. The van der Waals surface area contributed by atoms with Crippen molar-refractivity contribution in [2.75, 3.05) is 40.0 Å². The van der Waals surface area contributed by atoms with Gasteiger partial charge in [0.05, 0.1) is 44.0 Å². The normalized spacial score (nSPS) is 16.4. The first kappa shape index (κ1) is 29.3. The Morgan fingerprint density at radius 3 is 2.23 bits per heavy atom. The molecule has 0 spiro atoms. The van der Waals surface area contributed by atoms with Crippen LogP contribution < -0.4 is 15.2 Å². The third kappa shape index (κ3) is 5.98. The van der Waals surface area contributed by atoms with Crippen molar-refractivity contribution >= 4 is 23.6 Å². The third-order valence-electron chi connectivity index (χ3n) is 8.25. The molecule has 0 saturated carbocycles. The van der Waals surface area contributed by atoms with Gasteiger partial charge in [0.15, 0.2) is 0 Å². The summed E-state index contributed by atoms with van der Waals surface area (Å²) in [5, 5.41) is 0. The van der Waals surface area contributed by atoms with E-state index in [-0.39, 0.29) is 17.5 Å². The molecule has 3 aromatic carbocycles. The van der Waals surface area contributed by atoms with Gasteiger partial charge in [-0.3, -0.25) is 13.9 Å². The van der Waals surface area contributed by atoms with Crippen molar-refractivity contribution in [1.82, 2.24) is 14.0 Å². The predicted molar refractivity (Wildman–Crippen MR) is 172 cm³/mol. The van der Waals surface area contributed by atoms with Crippen LogP contribution in [0.1, 0.15) is 30.3 Å². The first-order valence-corrected chi connectivity index (χ1v) is 15.1. The van der Waals surface area contributed by atoms with Gasteiger partial charge in [-0.25, -0.2) is 4.79 Å². The number of hydrogen-bond donors (Lipinski definition) is 0. The zero-order valence-electron chi connectivity index (χ0n) is 25.1. The Balaban J connectivity index is 1.49. The second kappa shape index (κ2) is 13.2. The number of morpholine rings is 1. The average molecular weight is 592 g/mol. The second-order valence-electron chi connectivity index (χ2n) is 10.9. The first-order valence-electron chi connectivity index (χ1n) is 15.1. The lowest BCUT2D eigenvalue weighted by molar-refractivity contribution is -0.131. The molecule has 1 aliphatic heterocycles. The molecule has 8 heteroatoms. The highest BCUT2D eigenvalue weighted by atomic mass is 16.5. The molecule has 1 saturated heterocycles. The molecule has 1 aliphatic carbocycles. The van der Waals surface area contributed by atoms with Crippen molar-refractivity contribution in [1.29, 1.82) is 0 Å². The number of nitrogens with zero attached hydrogens (tertiary/aromatic N) is 3. The van der Waals surface area contributed by atoms with E-state index < -0.39 is 0 Å². The fourth-order valence-electron chi connectivity index (χ4n) is 5.87. The lowest BCUT2D eigenvalue weighted by Crippen LogP contribution is -2.42. The maximum atomic E-state index is 14.3. The molecule has 6 rings (SSSR count). The van der Waals surface area contributed by atoms with E-state index >= 15 is 0 Å². The van der Waals surface area contributed by atoms with Gasteiger partial charge in [-0.1, -0.05) is 55.5 Å². The number of para-hydroxylation sites is 1. The highest BCUT2D eigenvalue weighted by Crippen LogP contribution is 2.37. The zero-order chi connectivity index (χ0) is 30.5. The lowest BCUT2D eigenvalue weighted by atomic mass is 9.87. The Kier molecular flexibility index (Phi) is 8.79. The number of hydrogen-bond acceptors (Lipinski definition) is 5. The molecule has 1 fully saturated rings. The monoisotopic (exact) mass is 591 g/mol. The highest BCUT2D eigenvalue weighted by molar-refractivity contribution is 6.04. The van der Waals surface area contributed by atoms with E-state index in [0.29, 0.717) is 62.9 Å². The molecule has 4 aromatic rings. The molecular formula is C36H37N3O5. The van der Waals surface area contributed by atoms with Crippen LogP contribution in [-0.4, -0.2) is 60.0 Å². The van der Waals surface area contributed by atoms with Gasteiger partial charge in [0, 0.05) is 31.1 Å². The summed E-state index contributed by atoms with van der Waals surface area (Å²) in [6, 6.07) is 27.2. The Morgan fingerprint density at radius 2 is 1.55 bits per heavy atom. The van der Waals surface area contributed by atoms with Crippen molar-refractivity contribution in [2.45, 2.75) is 19.9 Å². The first-order chi connectivity index (χ1) is 21.5. The number of rotatable bonds is 9. The minimum absolute atomic E-state index is 0.0286. The molecule has 0 unspecified atom stereocenters. The van der Waals surface area contributed by atoms with Gasteiger partial charge in [-0.05, 0) is 66.1 Å². The molecule has 0 N–H and O–H groups in total. The van der Waals surface area contributed by atoms with Crippen LogP contribution in [0.25, 0.3) is 23.4 Å². The van der Waals surface area contributed by atoms with Crippen LogP contribution in [0.4, 0.5) is 0 Å². The van der Waals surface area contributed by atoms with Crippen molar-refractivity contribution in [3.63, 3.8) is 0 Å². The molecule has 2 aliphatic rings. The highest BCUT2D eigenvalue weighted by Gasteiger charge is 2.31. The maximum Gasteiger partial charge on any atom is 0.333 e. The molecule has 44 heavy (non-hydrogen) atoms. The van der Waals surface area contributed by atoms with Crippen LogP contribution in [0, 0.1) is 5.92 Å². The van der Waals surface area contributed by atoms with Gasteiger partial charge in [-0.2, -0.15) is 0 Å². The van der Waals surface area contributed by atoms with E-state index in [1.807, 2.05) is 83.8 Å². The van der Waals surface area contributed by atoms with Crippen molar-refractivity contribution in [3.05, 3.63) is 118 Å². The Bertz CT molecular complexity index is 1710. The van der Waals surface area contributed by atoms with E-state index in [9.17, 15) is 9.59 Å². The standard InChI is InChI=1S/C36H37N3O5/c1-26-31(27-10-5-3-6-11-27)24-34-33(25-32(26)35(40)37-19-22-43-23-20-37)38(18-9-21-44-30-12-7-4-8-13-30)36(41)39(34)28-14-16-29(42-2)17-15-28/h3-8,10-17,24-26H,9,18-23H2,1-2H3/t26-/m1/s1. The van der Waals surface area contributed by atoms with Crippen molar-refractivity contribution in [2.24, 2.45) is 5.92 Å². The summed E-state index contributed by atoms with van der Waals surface area (Å²) in [6.07, 6.45) is 4.62. The molecular weight excluding hydrogens is 554 g/mol. The van der Waals surface area contributed by atoms with Gasteiger partial charge in [0.25, 0.3) is 5.91 Å². The van der Waals surface area contributed by atoms with Gasteiger partial charge in [0.2, 0.25) is 0 Å². The molecule has 1 aromatic heterocycles. The number of fused-ring (bicyclic) bond motifs is 1. The Labute approximate surface area is 257 Å². The number of carbonyl (C=O) groups is 1. The number of methoxy groups -OCH3 is 1. The summed E-state index contributed by atoms with van der Waals surface area (Å²) in [5.41, 5.74) is 4.63. The van der Waals surface area contributed by atoms with Crippen LogP contribution in [0.5, 0.6) is 11.5 Å². The maximum absolute atomic E-state index is 14.3. The third-order valence-corrected chi connectivity index (χ3v) is 8.25. The Morgan fingerprint density at radius 1 is 0.864 bits per heavy atom. The topological polar surface area (TPSA) is 74.9 Å². The summed E-state index contributed by atoms with van der Waals surface area (Å²) >= 11 is 0. The van der Waals surface area contributed by atoms with Gasteiger partial charge in [0.1, 0.15) is 11.5 Å². The van der Waals surface area contributed by atoms with Crippen LogP contribution in [0.3, 0.4) is 0 Å². The van der Waals surface area contributed by atoms with E-state index in [0.717, 1.165) is 28.3 Å². The zero-order valence-corrected chi connectivity index (χ0v) is 25.1. The summed E-state index contributed by atoms with van der Waals surface area (Å²) in [5.74, 6) is 1.25. The molecule has 226 valence electrons.